The molecule has 0 saturated carbocycles. The molecule has 0 amide bonds. The zero-order valence-corrected chi connectivity index (χ0v) is 11.3. The third kappa shape index (κ3) is 2.34. The first-order valence-corrected chi connectivity index (χ1v) is 6.18. The van der Waals surface area contributed by atoms with Crippen molar-refractivity contribution in [2.24, 2.45) is 7.05 Å². The molecule has 2 rings (SSSR count). The minimum absolute atomic E-state index is 0.0325. The van der Waals surface area contributed by atoms with Crippen LogP contribution in [0.1, 0.15) is 28.7 Å². The van der Waals surface area contributed by atoms with E-state index in [0.717, 1.165) is 22.3 Å². The van der Waals surface area contributed by atoms with Crippen molar-refractivity contribution in [1.29, 1.82) is 0 Å². The molecule has 5 heteroatoms. The maximum absolute atomic E-state index is 12.0. The van der Waals surface area contributed by atoms with Gasteiger partial charge in [-0.1, -0.05) is 6.92 Å². The molecule has 90 valence electrons. The molecular formula is C12H13BrN2O2. The van der Waals surface area contributed by atoms with Crippen LogP contribution < -0.4 is 0 Å². The van der Waals surface area contributed by atoms with Gasteiger partial charge in [-0.25, -0.2) is 0 Å². The van der Waals surface area contributed by atoms with Gasteiger partial charge in [-0.05, 0) is 28.4 Å². The smallest absolute Gasteiger partial charge is 0.172 e. The van der Waals surface area contributed by atoms with Crippen molar-refractivity contribution in [3.63, 3.8) is 0 Å². The second-order valence-corrected chi connectivity index (χ2v) is 4.59. The first-order chi connectivity index (χ1) is 8.13. The highest BCUT2D eigenvalue weighted by atomic mass is 79.9. The molecule has 4 nitrogen and oxygen atoms in total. The molecule has 0 atom stereocenters. The number of hydrogen-bond acceptors (Lipinski definition) is 3. The van der Waals surface area contributed by atoms with Gasteiger partial charge >= 0.3 is 0 Å². The predicted octanol–water partition coefficient (Wildman–Crippen LogP) is 2.76. The number of ketones is 1. The summed E-state index contributed by atoms with van der Waals surface area (Å²) in [5.41, 5.74) is 2.46. The average Bonchev–Trinajstić information content (AvgIpc) is 2.92. The topological polar surface area (TPSA) is 48.0 Å². The van der Waals surface area contributed by atoms with E-state index < -0.39 is 0 Å². The molecule has 0 aliphatic rings. The Morgan fingerprint density at radius 3 is 2.88 bits per heavy atom. The van der Waals surface area contributed by atoms with Gasteiger partial charge < -0.3 is 4.42 Å². The largest absolute Gasteiger partial charge is 0.472 e. The van der Waals surface area contributed by atoms with Crippen LogP contribution in [-0.2, 0) is 19.9 Å². The molecule has 0 aliphatic heterocycles. The normalized spacial score (nSPS) is 10.8. The Hall–Kier alpha value is -1.36. The van der Waals surface area contributed by atoms with Crippen LogP contribution in [0.15, 0.2) is 27.5 Å². The zero-order chi connectivity index (χ0) is 12.4. The Kier molecular flexibility index (Phi) is 3.47. The number of hydrogen-bond donors (Lipinski definition) is 0. The number of rotatable bonds is 4. The van der Waals surface area contributed by atoms with Gasteiger partial charge in [-0.2, -0.15) is 5.10 Å². The number of aromatic nitrogens is 2. The highest BCUT2D eigenvalue weighted by molar-refractivity contribution is 9.10. The zero-order valence-electron chi connectivity index (χ0n) is 9.74. The van der Waals surface area contributed by atoms with Crippen molar-refractivity contribution < 1.29 is 9.21 Å². The van der Waals surface area contributed by atoms with E-state index in [2.05, 4.69) is 21.0 Å². The number of nitrogens with zero attached hydrogens (tertiary/aromatic N) is 2. The van der Waals surface area contributed by atoms with Crippen molar-refractivity contribution in [2.45, 2.75) is 19.8 Å². The summed E-state index contributed by atoms with van der Waals surface area (Å²) < 4.78 is 7.59. The van der Waals surface area contributed by atoms with Crippen LogP contribution in [0.4, 0.5) is 0 Å². The molecule has 2 aromatic heterocycles. The molecule has 0 aliphatic carbocycles. The Labute approximate surface area is 108 Å². The van der Waals surface area contributed by atoms with Crippen molar-refractivity contribution in [3.8, 4) is 0 Å². The van der Waals surface area contributed by atoms with Crippen LogP contribution in [0.2, 0.25) is 0 Å². The van der Waals surface area contributed by atoms with Gasteiger partial charge in [0.05, 0.1) is 34.1 Å². The number of halogens is 1. The molecule has 0 spiro atoms. The van der Waals surface area contributed by atoms with Crippen LogP contribution in [0.3, 0.4) is 0 Å². The van der Waals surface area contributed by atoms with Crippen molar-refractivity contribution in [1.82, 2.24) is 9.78 Å². The average molecular weight is 297 g/mol. The highest BCUT2D eigenvalue weighted by Crippen LogP contribution is 2.23. The van der Waals surface area contributed by atoms with Gasteiger partial charge in [-0.15, -0.1) is 0 Å². The molecule has 0 aromatic carbocycles. The minimum Gasteiger partial charge on any atom is -0.472 e. The number of carbonyl (C=O) groups excluding carboxylic acids is 1. The van der Waals surface area contributed by atoms with Crippen LogP contribution in [0.5, 0.6) is 0 Å². The summed E-state index contributed by atoms with van der Waals surface area (Å²) >= 11 is 3.50. The van der Waals surface area contributed by atoms with E-state index in [0.29, 0.717) is 12.0 Å². The molecule has 2 aromatic rings. The van der Waals surface area contributed by atoms with E-state index in [1.807, 2.05) is 14.0 Å². The number of furan rings is 1. The summed E-state index contributed by atoms with van der Waals surface area (Å²) in [4.78, 5) is 12.0. The Morgan fingerprint density at radius 1 is 1.59 bits per heavy atom. The second-order valence-electron chi connectivity index (χ2n) is 3.80. The van der Waals surface area contributed by atoms with Gasteiger partial charge in [-0.3, -0.25) is 9.48 Å². The Balaban J connectivity index is 2.25. The van der Waals surface area contributed by atoms with Gasteiger partial charge in [0, 0.05) is 7.05 Å². The lowest BCUT2D eigenvalue weighted by molar-refractivity contribution is 0.0990. The molecule has 17 heavy (non-hydrogen) atoms. The van der Waals surface area contributed by atoms with Crippen molar-refractivity contribution in [3.05, 3.63) is 40.0 Å². The SMILES string of the molecule is CCc1nn(C)c(CC(=O)c2ccoc2)c1Br. The molecule has 0 radical (unpaired) electrons. The van der Waals surface area contributed by atoms with Crippen LogP contribution in [-0.4, -0.2) is 15.6 Å². The van der Waals surface area contributed by atoms with E-state index >= 15 is 0 Å². The fourth-order valence-electron chi connectivity index (χ4n) is 1.69. The quantitative estimate of drug-likeness (QED) is 0.815. The summed E-state index contributed by atoms with van der Waals surface area (Å²) in [6.07, 6.45) is 4.13. The Morgan fingerprint density at radius 2 is 2.35 bits per heavy atom. The second kappa shape index (κ2) is 4.87. The third-order valence-corrected chi connectivity index (χ3v) is 3.59. The van der Waals surface area contributed by atoms with Crippen LogP contribution in [0.25, 0.3) is 0 Å². The van der Waals surface area contributed by atoms with Gasteiger partial charge in [0.1, 0.15) is 6.26 Å². The predicted molar refractivity (Wildman–Crippen MR) is 67.0 cm³/mol. The lowest BCUT2D eigenvalue weighted by Gasteiger charge is -2.00. The Bertz CT molecular complexity index is 529. The van der Waals surface area contributed by atoms with Crippen LogP contribution in [0, 0.1) is 0 Å². The van der Waals surface area contributed by atoms with E-state index in [1.54, 1.807) is 10.7 Å². The first kappa shape index (κ1) is 12.1. The molecule has 0 N–H and O–H groups in total. The van der Waals surface area contributed by atoms with E-state index in [4.69, 9.17) is 4.42 Å². The van der Waals surface area contributed by atoms with Gasteiger partial charge in [0.25, 0.3) is 0 Å². The van der Waals surface area contributed by atoms with Gasteiger partial charge in [0.2, 0.25) is 0 Å². The van der Waals surface area contributed by atoms with Crippen molar-refractivity contribution in [2.75, 3.05) is 0 Å². The third-order valence-electron chi connectivity index (χ3n) is 2.67. The molecule has 0 saturated heterocycles. The number of aryl methyl sites for hydroxylation is 2. The molecule has 2 heterocycles. The van der Waals surface area contributed by atoms with Gasteiger partial charge in [0.15, 0.2) is 5.78 Å². The highest BCUT2D eigenvalue weighted by Gasteiger charge is 2.17. The molecule has 0 bridgehead atoms. The minimum atomic E-state index is 0.0325. The summed E-state index contributed by atoms with van der Waals surface area (Å²) in [7, 11) is 1.85. The monoisotopic (exact) mass is 296 g/mol. The fourth-order valence-corrected chi connectivity index (χ4v) is 2.45. The summed E-state index contributed by atoms with van der Waals surface area (Å²) in [5, 5.41) is 4.36. The summed E-state index contributed by atoms with van der Waals surface area (Å²) in [6.45, 7) is 2.04. The van der Waals surface area contributed by atoms with E-state index in [-0.39, 0.29) is 5.78 Å². The maximum Gasteiger partial charge on any atom is 0.172 e. The molecule has 0 fully saturated rings. The standard InChI is InChI=1S/C12H13BrN2O2/c1-3-9-12(13)10(15(2)14-9)6-11(16)8-4-5-17-7-8/h4-5,7H,3,6H2,1-2H3. The van der Waals surface area contributed by atoms with E-state index in [9.17, 15) is 4.79 Å². The van der Waals surface area contributed by atoms with Crippen LogP contribution >= 0.6 is 15.9 Å². The first-order valence-electron chi connectivity index (χ1n) is 5.39. The van der Waals surface area contributed by atoms with E-state index in [1.165, 1.54) is 12.5 Å². The fraction of sp³-hybridized carbons (Fsp3) is 0.333. The van der Waals surface area contributed by atoms with Crippen molar-refractivity contribution >= 4 is 21.7 Å². The number of Topliss-reactive ketones (excluding diaryl/α,β-unsaturated/α-hetero) is 1. The summed E-state index contributed by atoms with van der Waals surface area (Å²) in [5.74, 6) is 0.0325. The number of carbonyl (C=O) groups is 1. The molecular weight excluding hydrogens is 284 g/mol. The lowest BCUT2D eigenvalue weighted by atomic mass is 10.1. The summed E-state index contributed by atoms with van der Waals surface area (Å²) in [6, 6.07) is 1.67. The molecule has 0 unspecified atom stereocenters. The maximum atomic E-state index is 12.0. The lowest BCUT2D eigenvalue weighted by Crippen LogP contribution is -2.07.